The van der Waals surface area contributed by atoms with Gasteiger partial charge in [-0.1, -0.05) is 30.3 Å². The summed E-state index contributed by atoms with van der Waals surface area (Å²) in [5.41, 5.74) is 6.89. The molecule has 4 fully saturated rings. The van der Waals surface area contributed by atoms with Gasteiger partial charge in [-0.2, -0.15) is 0 Å². The zero-order chi connectivity index (χ0) is 17.2. The second-order valence-corrected chi connectivity index (χ2v) is 8.55. The third-order valence-corrected chi connectivity index (χ3v) is 7.35. The molecule has 25 heavy (non-hydrogen) atoms. The summed E-state index contributed by atoms with van der Waals surface area (Å²) in [5.74, 6) is 1.49. The summed E-state index contributed by atoms with van der Waals surface area (Å²) in [6.07, 6.45) is 3.44. The molecule has 5 nitrogen and oxygen atoms in total. The largest absolute Gasteiger partial charge is 0.449 e. The molecule has 0 bridgehead atoms. The van der Waals surface area contributed by atoms with E-state index in [9.17, 15) is 9.59 Å². The van der Waals surface area contributed by atoms with Crippen LogP contribution < -0.4 is 5.73 Å². The molecule has 0 spiro atoms. The van der Waals surface area contributed by atoms with Gasteiger partial charge in [0.25, 0.3) is 0 Å². The van der Waals surface area contributed by atoms with Crippen LogP contribution in [-0.4, -0.2) is 36.6 Å². The van der Waals surface area contributed by atoms with Crippen molar-refractivity contribution in [2.75, 3.05) is 19.7 Å². The summed E-state index contributed by atoms with van der Waals surface area (Å²) in [6, 6.07) is 10.8. The molecular weight excluding hydrogens is 316 g/mol. The van der Waals surface area contributed by atoms with Crippen molar-refractivity contribution in [1.29, 1.82) is 0 Å². The van der Waals surface area contributed by atoms with E-state index in [1.54, 1.807) is 0 Å². The van der Waals surface area contributed by atoms with E-state index in [0.29, 0.717) is 29.8 Å². The number of carbonyl (C=O) groups is 2. The van der Waals surface area contributed by atoms with Crippen molar-refractivity contribution in [3.8, 4) is 0 Å². The Morgan fingerprint density at radius 3 is 2.68 bits per heavy atom. The van der Waals surface area contributed by atoms with Gasteiger partial charge in [0.15, 0.2) is 0 Å². The maximum absolute atomic E-state index is 12.9. The van der Waals surface area contributed by atoms with E-state index in [1.807, 2.05) is 0 Å². The maximum Gasteiger partial charge on any atom is 0.404 e. The molecule has 0 radical (unpaired) electrons. The van der Waals surface area contributed by atoms with Gasteiger partial charge in [0.2, 0.25) is 5.91 Å². The highest BCUT2D eigenvalue weighted by Gasteiger charge is 2.70. The summed E-state index contributed by atoms with van der Waals surface area (Å²) >= 11 is 0. The number of fused-ring (bicyclic) bond motifs is 2. The van der Waals surface area contributed by atoms with Crippen LogP contribution in [0.4, 0.5) is 4.79 Å². The van der Waals surface area contributed by atoms with E-state index < -0.39 is 6.09 Å². The molecule has 3 saturated carbocycles. The van der Waals surface area contributed by atoms with E-state index in [0.717, 1.165) is 32.4 Å². The SMILES string of the molecule is NC(=O)OC[C@@]12CC1[C@H](C(=O)N1CC[C@@]3(c4ccccc4)C[C@H]3C1)C2. The Hall–Kier alpha value is -2.04. The van der Waals surface area contributed by atoms with Gasteiger partial charge in [-0.05, 0) is 43.1 Å². The monoisotopic (exact) mass is 340 g/mol. The predicted octanol–water partition coefficient (Wildman–Crippen LogP) is 2.30. The van der Waals surface area contributed by atoms with Crippen LogP contribution in [0.1, 0.15) is 31.2 Å². The number of piperidine rings is 1. The third-order valence-electron chi connectivity index (χ3n) is 7.35. The number of benzene rings is 1. The number of amides is 2. The number of hydrogen-bond acceptors (Lipinski definition) is 3. The van der Waals surface area contributed by atoms with Crippen molar-refractivity contribution in [2.24, 2.45) is 28.9 Å². The fraction of sp³-hybridized carbons (Fsp3) is 0.600. The standard InChI is InChI=1S/C20H24N2O3/c21-18(24)25-12-19-9-15(16(19)10-19)17(23)22-7-6-20(8-14(20)11-22)13-4-2-1-3-5-13/h1-5,14-16H,6-12H2,(H2,21,24)/t14-,15+,16?,19+,20-/m0/s1. The lowest BCUT2D eigenvalue weighted by Crippen LogP contribution is -2.48. The lowest BCUT2D eigenvalue weighted by Gasteiger charge is -2.39. The molecule has 1 aliphatic heterocycles. The summed E-state index contributed by atoms with van der Waals surface area (Å²) in [6.45, 7) is 2.16. The molecule has 0 aromatic heterocycles. The first-order valence-corrected chi connectivity index (χ1v) is 9.31. The van der Waals surface area contributed by atoms with Crippen molar-refractivity contribution in [2.45, 2.75) is 31.1 Å². The Morgan fingerprint density at radius 2 is 2.00 bits per heavy atom. The lowest BCUT2D eigenvalue weighted by molar-refractivity contribution is -0.142. The first-order valence-electron chi connectivity index (χ1n) is 9.31. The molecule has 1 aromatic carbocycles. The van der Waals surface area contributed by atoms with E-state index in [-0.39, 0.29) is 11.3 Å². The molecule has 1 unspecified atom stereocenters. The van der Waals surface area contributed by atoms with Gasteiger partial charge in [-0.3, -0.25) is 4.79 Å². The summed E-state index contributed by atoms with van der Waals surface area (Å²) in [7, 11) is 0. The van der Waals surface area contributed by atoms with Gasteiger partial charge in [0.1, 0.15) is 0 Å². The van der Waals surface area contributed by atoms with Crippen LogP contribution in [-0.2, 0) is 14.9 Å². The second kappa shape index (κ2) is 4.99. The van der Waals surface area contributed by atoms with Crippen LogP contribution in [0.15, 0.2) is 30.3 Å². The molecule has 1 aromatic rings. The Labute approximate surface area is 147 Å². The lowest BCUT2D eigenvalue weighted by atomic mass is 9.74. The number of likely N-dealkylation sites (tertiary alicyclic amines) is 1. The first-order chi connectivity index (χ1) is 12.0. The van der Waals surface area contributed by atoms with Crippen LogP contribution in [0, 0.1) is 23.2 Å². The van der Waals surface area contributed by atoms with E-state index in [2.05, 4.69) is 35.2 Å². The number of hydrogen-bond donors (Lipinski definition) is 1. The number of ether oxygens (including phenoxy) is 1. The number of carbonyl (C=O) groups excluding carboxylic acids is 2. The Kier molecular flexibility index (Phi) is 3.04. The topological polar surface area (TPSA) is 72.6 Å². The van der Waals surface area contributed by atoms with Gasteiger partial charge < -0.3 is 15.4 Å². The molecule has 132 valence electrons. The van der Waals surface area contributed by atoms with Gasteiger partial charge >= 0.3 is 6.09 Å². The summed E-state index contributed by atoms with van der Waals surface area (Å²) < 4.78 is 4.96. The van der Waals surface area contributed by atoms with Crippen molar-refractivity contribution >= 4 is 12.0 Å². The number of nitrogens with zero attached hydrogens (tertiary/aromatic N) is 1. The van der Waals surface area contributed by atoms with Crippen molar-refractivity contribution in [3.05, 3.63) is 35.9 Å². The molecule has 2 N–H and O–H groups in total. The van der Waals surface area contributed by atoms with Crippen LogP contribution >= 0.6 is 0 Å². The molecule has 1 heterocycles. The molecule has 1 saturated heterocycles. The maximum atomic E-state index is 12.9. The normalized spacial score (nSPS) is 40.3. The molecule has 4 aliphatic rings. The summed E-state index contributed by atoms with van der Waals surface area (Å²) in [4.78, 5) is 25.8. The van der Waals surface area contributed by atoms with Crippen molar-refractivity contribution in [1.82, 2.24) is 4.90 Å². The van der Waals surface area contributed by atoms with Gasteiger partial charge in [0.05, 0.1) is 6.61 Å². The van der Waals surface area contributed by atoms with Gasteiger partial charge in [-0.25, -0.2) is 4.79 Å². The van der Waals surface area contributed by atoms with Gasteiger partial charge in [0, 0.05) is 29.8 Å². The molecule has 3 aliphatic carbocycles. The van der Waals surface area contributed by atoms with Crippen molar-refractivity contribution in [3.63, 3.8) is 0 Å². The predicted molar refractivity (Wildman–Crippen MR) is 91.6 cm³/mol. The Morgan fingerprint density at radius 1 is 1.20 bits per heavy atom. The zero-order valence-corrected chi connectivity index (χ0v) is 14.3. The fourth-order valence-corrected chi connectivity index (χ4v) is 5.62. The zero-order valence-electron chi connectivity index (χ0n) is 14.3. The smallest absolute Gasteiger partial charge is 0.404 e. The number of rotatable bonds is 4. The molecule has 5 atom stereocenters. The molecular formula is C20H24N2O3. The number of primary amides is 1. The van der Waals surface area contributed by atoms with E-state index in [4.69, 9.17) is 10.5 Å². The Balaban J connectivity index is 1.18. The quantitative estimate of drug-likeness (QED) is 0.914. The van der Waals surface area contributed by atoms with Gasteiger partial charge in [-0.15, -0.1) is 0 Å². The third kappa shape index (κ3) is 2.21. The number of nitrogens with two attached hydrogens (primary N) is 1. The van der Waals surface area contributed by atoms with Crippen LogP contribution in [0.3, 0.4) is 0 Å². The highest BCUT2D eigenvalue weighted by atomic mass is 16.5. The minimum absolute atomic E-state index is 0.0680. The van der Waals surface area contributed by atoms with Crippen LogP contribution in [0.2, 0.25) is 0 Å². The molecule has 5 heteroatoms. The molecule has 2 amide bonds. The first kappa shape index (κ1) is 15.2. The average Bonchev–Trinajstić information content (AvgIpc) is 3.48. The fourth-order valence-electron chi connectivity index (χ4n) is 5.62. The summed E-state index contributed by atoms with van der Waals surface area (Å²) in [5, 5.41) is 0. The van der Waals surface area contributed by atoms with E-state index in [1.165, 1.54) is 12.0 Å². The van der Waals surface area contributed by atoms with Crippen molar-refractivity contribution < 1.29 is 14.3 Å². The minimum Gasteiger partial charge on any atom is -0.449 e. The highest BCUT2D eigenvalue weighted by Crippen LogP contribution is 2.71. The molecule has 5 rings (SSSR count). The second-order valence-electron chi connectivity index (χ2n) is 8.55. The average molecular weight is 340 g/mol. The van der Waals surface area contributed by atoms with Crippen LogP contribution in [0.25, 0.3) is 0 Å². The van der Waals surface area contributed by atoms with Crippen LogP contribution in [0.5, 0.6) is 0 Å². The van der Waals surface area contributed by atoms with E-state index >= 15 is 0 Å². The Bertz CT molecular complexity index is 736. The minimum atomic E-state index is -0.711. The highest BCUT2D eigenvalue weighted by molar-refractivity contribution is 5.82.